The van der Waals surface area contributed by atoms with Gasteiger partial charge in [-0.1, -0.05) is 48.0 Å². The van der Waals surface area contributed by atoms with Gasteiger partial charge in [0.15, 0.2) is 5.82 Å². The Kier molecular flexibility index (Phi) is 3.69. The predicted molar refractivity (Wildman–Crippen MR) is 82.7 cm³/mol. The summed E-state index contributed by atoms with van der Waals surface area (Å²) in [5.74, 6) is 0.782. The summed E-state index contributed by atoms with van der Waals surface area (Å²) in [7, 11) is 0. The number of rotatable bonds is 4. The Morgan fingerprint density at radius 3 is 2.38 bits per heavy atom. The molecular weight excluding hydrogens is 262 g/mol. The van der Waals surface area contributed by atoms with Crippen molar-refractivity contribution in [1.82, 2.24) is 14.8 Å². The molecule has 0 spiro atoms. The number of hydrogen-bond acceptors (Lipinski definition) is 3. The number of ether oxygens (including phenoxy) is 1. The molecule has 4 heteroatoms. The standard InChI is InChI=1S/C17H17N3O/c1-3-21-17-18-16(14-11-9-13(2)10-12-14)20(19-17)15-7-5-4-6-8-15/h4-12H,3H2,1-2H3. The smallest absolute Gasteiger partial charge is 0.336 e. The third-order valence-electron chi connectivity index (χ3n) is 3.17. The minimum Gasteiger partial charge on any atom is -0.463 e. The molecule has 0 unspecified atom stereocenters. The van der Waals surface area contributed by atoms with Crippen molar-refractivity contribution in [2.24, 2.45) is 0 Å². The van der Waals surface area contributed by atoms with Crippen molar-refractivity contribution >= 4 is 0 Å². The molecule has 0 aliphatic heterocycles. The predicted octanol–water partition coefficient (Wildman–Crippen LogP) is 3.64. The Morgan fingerprint density at radius 2 is 1.71 bits per heavy atom. The van der Waals surface area contributed by atoms with Crippen LogP contribution in [-0.4, -0.2) is 21.4 Å². The SMILES string of the molecule is CCOc1nc(-c2ccc(C)cc2)n(-c2ccccc2)n1. The third kappa shape index (κ3) is 2.79. The van der Waals surface area contributed by atoms with Crippen LogP contribution in [0.5, 0.6) is 6.01 Å². The second-order valence-corrected chi connectivity index (χ2v) is 4.76. The first kappa shape index (κ1) is 13.4. The van der Waals surface area contributed by atoms with Crippen LogP contribution >= 0.6 is 0 Å². The molecule has 2 aromatic carbocycles. The molecule has 0 fully saturated rings. The van der Waals surface area contributed by atoms with E-state index in [1.807, 2.05) is 41.9 Å². The third-order valence-corrected chi connectivity index (χ3v) is 3.17. The molecule has 1 heterocycles. The molecule has 1 aromatic heterocycles. The Labute approximate surface area is 124 Å². The van der Waals surface area contributed by atoms with Crippen molar-refractivity contribution in [3.05, 3.63) is 60.2 Å². The molecule has 0 radical (unpaired) electrons. The number of benzene rings is 2. The Morgan fingerprint density at radius 1 is 1.00 bits per heavy atom. The highest BCUT2D eigenvalue weighted by Crippen LogP contribution is 2.23. The fourth-order valence-corrected chi connectivity index (χ4v) is 2.12. The number of hydrogen-bond donors (Lipinski definition) is 0. The molecule has 0 saturated carbocycles. The summed E-state index contributed by atoms with van der Waals surface area (Å²) in [6.45, 7) is 4.54. The zero-order valence-corrected chi connectivity index (χ0v) is 12.2. The average molecular weight is 279 g/mol. The van der Waals surface area contributed by atoms with Gasteiger partial charge in [-0.3, -0.25) is 0 Å². The number of aromatic nitrogens is 3. The number of nitrogens with zero attached hydrogens (tertiary/aromatic N) is 3. The Balaban J connectivity index is 2.11. The number of aryl methyl sites for hydroxylation is 1. The van der Waals surface area contributed by atoms with Gasteiger partial charge in [0.2, 0.25) is 0 Å². The van der Waals surface area contributed by atoms with E-state index in [9.17, 15) is 0 Å². The monoisotopic (exact) mass is 279 g/mol. The second-order valence-electron chi connectivity index (χ2n) is 4.76. The van der Waals surface area contributed by atoms with E-state index < -0.39 is 0 Å². The van der Waals surface area contributed by atoms with Gasteiger partial charge in [0.05, 0.1) is 12.3 Å². The fraction of sp³-hybridized carbons (Fsp3) is 0.176. The highest BCUT2D eigenvalue weighted by atomic mass is 16.5. The van der Waals surface area contributed by atoms with Gasteiger partial charge in [0, 0.05) is 5.56 Å². The van der Waals surface area contributed by atoms with Gasteiger partial charge in [-0.15, -0.1) is 5.10 Å². The summed E-state index contributed by atoms with van der Waals surface area (Å²) < 4.78 is 7.27. The molecule has 0 bridgehead atoms. The molecule has 0 saturated heterocycles. The van der Waals surface area contributed by atoms with Crippen molar-refractivity contribution < 1.29 is 4.74 Å². The maximum atomic E-state index is 5.45. The van der Waals surface area contributed by atoms with Crippen LogP contribution in [0, 0.1) is 6.92 Å². The van der Waals surface area contributed by atoms with Crippen LogP contribution in [0.3, 0.4) is 0 Å². The van der Waals surface area contributed by atoms with Crippen molar-refractivity contribution in [2.45, 2.75) is 13.8 Å². The highest BCUT2D eigenvalue weighted by molar-refractivity contribution is 5.58. The highest BCUT2D eigenvalue weighted by Gasteiger charge is 2.14. The first-order valence-corrected chi connectivity index (χ1v) is 7.00. The van der Waals surface area contributed by atoms with E-state index in [2.05, 4.69) is 41.3 Å². The normalized spacial score (nSPS) is 10.6. The molecule has 0 atom stereocenters. The fourth-order valence-electron chi connectivity index (χ4n) is 2.12. The lowest BCUT2D eigenvalue weighted by molar-refractivity contribution is 0.312. The van der Waals surface area contributed by atoms with Crippen molar-refractivity contribution in [3.63, 3.8) is 0 Å². The first-order chi connectivity index (χ1) is 10.3. The molecule has 4 nitrogen and oxygen atoms in total. The summed E-state index contributed by atoms with van der Waals surface area (Å²) in [6.07, 6.45) is 0. The zero-order chi connectivity index (χ0) is 14.7. The van der Waals surface area contributed by atoms with Gasteiger partial charge in [-0.25, -0.2) is 4.68 Å². The minimum absolute atomic E-state index is 0.400. The van der Waals surface area contributed by atoms with Gasteiger partial charge in [0.1, 0.15) is 0 Å². The van der Waals surface area contributed by atoms with Crippen LogP contribution in [0.15, 0.2) is 54.6 Å². The minimum atomic E-state index is 0.400. The largest absolute Gasteiger partial charge is 0.463 e. The summed E-state index contributed by atoms with van der Waals surface area (Å²) >= 11 is 0. The number of para-hydroxylation sites is 1. The second kappa shape index (κ2) is 5.79. The topological polar surface area (TPSA) is 39.9 Å². The Bertz CT molecular complexity index is 718. The Hall–Kier alpha value is -2.62. The van der Waals surface area contributed by atoms with E-state index in [1.54, 1.807) is 0 Å². The van der Waals surface area contributed by atoms with Gasteiger partial charge < -0.3 is 4.74 Å². The molecule has 0 amide bonds. The van der Waals surface area contributed by atoms with Crippen LogP contribution < -0.4 is 4.74 Å². The summed E-state index contributed by atoms with van der Waals surface area (Å²) in [5, 5.41) is 4.45. The average Bonchev–Trinajstić information content (AvgIpc) is 2.93. The zero-order valence-electron chi connectivity index (χ0n) is 12.2. The molecular formula is C17H17N3O. The first-order valence-electron chi connectivity index (χ1n) is 7.00. The lowest BCUT2D eigenvalue weighted by Gasteiger charge is -2.05. The van der Waals surface area contributed by atoms with Crippen molar-refractivity contribution in [2.75, 3.05) is 6.61 Å². The van der Waals surface area contributed by atoms with E-state index in [-0.39, 0.29) is 0 Å². The van der Waals surface area contributed by atoms with E-state index >= 15 is 0 Å². The summed E-state index contributed by atoms with van der Waals surface area (Å²) in [4.78, 5) is 4.51. The van der Waals surface area contributed by atoms with Gasteiger partial charge in [-0.2, -0.15) is 4.98 Å². The van der Waals surface area contributed by atoms with E-state index in [1.165, 1.54) is 5.56 Å². The van der Waals surface area contributed by atoms with Crippen molar-refractivity contribution in [3.8, 4) is 23.1 Å². The van der Waals surface area contributed by atoms with Crippen molar-refractivity contribution in [1.29, 1.82) is 0 Å². The van der Waals surface area contributed by atoms with Gasteiger partial charge in [-0.05, 0) is 26.0 Å². The molecule has 0 aliphatic carbocycles. The van der Waals surface area contributed by atoms with E-state index in [0.29, 0.717) is 12.6 Å². The molecule has 3 aromatic rings. The molecule has 0 N–H and O–H groups in total. The summed E-state index contributed by atoms with van der Waals surface area (Å²) in [5.41, 5.74) is 3.20. The maximum absolute atomic E-state index is 5.45. The van der Waals surface area contributed by atoms with E-state index in [0.717, 1.165) is 17.1 Å². The van der Waals surface area contributed by atoms with Crippen LogP contribution in [0.4, 0.5) is 0 Å². The van der Waals surface area contributed by atoms with Gasteiger partial charge >= 0.3 is 6.01 Å². The van der Waals surface area contributed by atoms with Crippen LogP contribution in [0.1, 0.15) is 12.5 Å². The quantitative estimate of drug-likeness (QED) is 0.732. The lowest BCUT2D eigenvalue weighted by Crippen LogP contribution is -1.99. The van der Waals surface area contributed by atoms with Crippen LogP contribution in [0.25, 0.3) is 17.1 Å². The molecule has 0 aliphatic rings. The summed E-state index contributed by atoms with van der Waals surface area (Å²) in [6, 6.07) is 18.6. The van der Waals surface area contributed by atoms with E-state index in [4.69, 9.17) is 4.74 Å². The van der Waals surface area contributed by atoms with Gasteiger partial charge in [0.25, 0.3) is 0 Å². The van der Waals surface area contributed by atoms with Crippen LogP contribution in [0.2, 0.25) is 0 Å². The maximum Gasteiger partial charge on any atom is 0.336 e. The molecule has 3 rings (SSSR count). The lowest BCUT2D eigenvalue weighted by atomic mass is 10.1. The molecule has 106 valence electrons. The van der Waals surface area contributed by atoms with Crippen LogP contribution in [-0.2, 0) is 0 Å². The molecule has 21 heavy (non-hydrogen) atoms.